The molecule has 3 aromatic rings. The van der Waals surface area contributed by atoms with E-state index < -0.39 is 12.1 Å². The van der Waals surface area contributed by atoms with Gasteiger partial charge >= 0.3 is 12.1 Å². The summed E-state index contributed by atoms with van der Waals surface area (Å²) in [5.41, 5.74) is 7.35. The van der Waals surface area contributed by atoms with Gasteiger partial charge in [0.25, 0.3) is 0 Å². The Bertz CT molecular complexity index is 1050. The van der Waals surface area contributed by atoms with Crippen LogP contribution in [-0.4, -0.2) is 45.5 Å². The van der Waals surface area contributed by atoms with Gasteiger partial charge in [0.05, 0.1) is 20.3 Å². The van der Waals surface area contributed by atoms with Crippen LogP contribution in [0.15, 0.2) is 46.9 Å². The summed E-state index contributed by atoms with van der Waals surface area (Å²) in [7, 11) is 1.52. The number of morpholine rings is 1. The maximum absolute atomic E-state index is 12.6. The zero-order valence-corrected chi connectivity index (χ0v) is 15.8. The summed E-state index contributed by atoms with van der Waals surface area (Å²) in [4.78, 5) is 26.0. The van der Waals surface area contributed by atoms with Gasteiger partial charge in [-0.3, -0.25) is 0 Å². The van der Waals surface area contributed by atoms with Gasteiger partial charge in [0, 0.05) is 29.7 Å². The highest BCUT2D eigenvalue weighted by molar-refractivity contribution is 6.11. The predicted molar refractivity (Wildman–Crippen MR) is 106 cm³/mol. The number of fused-ring (bicyclic) bond motifs is 1. The molecule has 150 valence electrons. The normalized spacial score (nSPS) is 14.0. The zero-order valence-electron chi connectivity index (χ0n) is 15.8. The summed E-state index contributed by atoms with van der Waals surface area (Å²) in [5, 5.41) is 0.475. The molecule has 1 aromatic heterocycles. The third-order valence-corrected chi connectivity index (χ3v) is 4.80. The van der Waals surface area contributed by atoms with Crippen molar-refractivity contribution in [1.29, 1.82) is 0 Å². The largest absolute Gasteiger partial charge is 0.497 e. The highest BCUT2D eigenvalue weighted by atomic mass is 16.6. The molecule has 0 aliphatic carbocycles. The lowest BCUT2D eigenvalue weighted by Gasteiger charge is -2.28. The van der Waals surface area contributed by atoms with Crippen LogP contribution in [0, 0.1) is 0 Å². The number of carbonyl (C=O) groups is 2. The van der Waals surface area contributed by atoms with Crippen LogP contribution >= 0.6 is 0 Å². The summed E-state index contributed by atoms with van der Waals surface area (Å²) in [6.07, 6.45) is -1.18. The Kier molecular flexibility index (Phi) is 5.09. The molecule has 0 saturated carbocycles. The number of methoxy groups -OCH3 is 1. The standard InChI is InChI=1S/C21H20N2O6/c1-26-15-6-7-17-16(12-15)18(20(24)29-21(22)25)19(28-17)13-2-4-14(5-3-13)23-8-10-27-11-9-23/h2-7,12H,8-11H2,1H3,(H2,22,25). The summed E-state index contributed by atoms with van der Waals surface area (Å²) >= 11 is 0. The second-order valence-corrected chi connectivity index (χ2v) is 6.52. The Morgan fingerprint density at radius 3 is 2.45 bits per heavy atom. The minimum Gasteiger partial charge on any atom is -0.497 e. The van der Waals surface area contributed by atoms with Crippen LogP contribution in [-0.2, 0) is 9.47 Å². The quantitative estimate of drug-likeness (QED) is 0.533. The number of nitrogens with zero attached hydrogens (tertiary/aromatic N) is 1. The number of amides is 1. The number of hydrogen-bond acceptors (Lipinski definition) is 7. The fourth-order valence-corrected chi connectivity index (χ4v) is 3.40. The first kappa shape index (κ1) is 18.8. The minimum atomic E-state index is -1.18. The molecular weight excluding hydrogens is 376 g/mol. The topological polar surface area (TPSA) is 104 Å². The Morgan fingerprint density at radius 2 is 1.79 bits per heavy atom. The molecule has 0 unspecified atom stereocenters. The second kappa shape index (κ2) is 7.84. The van der Waals surface area contributed by atoms with E-state index in [9.17, 15) is 9.59 Å². The van der Waals surface area contributed by atoms with Gasteiger partial charge in [0.1, 0.15) is 22.7 Å². The molecule has 4 rings (SSSR count). The lowest BCUT2D eigenvalue weighted by molar-refractivity contribution is 0.0640. The van der Waals surface area contributed by atoms with Crippen molar-refractivity contribution < 1.29 is 28.2 Å². The maximum Gasteiger partial charge on any atom is 0.412 e. The van der Waals surface area contributed by atoms with Crippen molar-refractivity contribution >= 4 is 28.7 Å². The molecule has 1 aliphatic heterocycles. The third kappa shape index (κ3) is 3.74. The van der Waals surface area contributed by atoms with Gasteiger partial charge in [-0.05, 0) is 42.5 Å². The predicted octanol–water partition coefficient (Wildman–Crippen LogP) is 3.18. The van der Waals surface area contributed by atoms with Gasteiger partial charge in [-0.1, -0.05) is 0 Å². The number of esters is 1. The van der Waals surface area contributed by atoms with E-state index in [0.29, 0.717) is 41.3 Å². The second-order valence-electron chi connectivity index (χ2n) is 6.52. The molecule has 1 amide bonds. The van der Waals surface area contributed by atoms with Crippen LogP contribution in [0.1, 0.15) is 10.4 Å². The number of carbonyl (C=O) groups excluding carboxylic acids is 2. The molecule has 0 atom stereocenters. The number of furan rings is 1. The van der Waals surface area contributed by atoms with E-state index in [-0.39, 0.29) is 5.56 Å². The number of anilines is 1. The average Bonchev–Trinajstić information content (AvgIpc) is 3.12. The van der Waals surface area contributed by atoms with Crippen molar-refractivity contribution in [2.24, 2.45) is 5.73 Å². The molecule has 2 heterocycles. The van der Waals surface area contributed by atoms with Crippen molar-refractivity contribution in [3.8, 4) is 17.1 Å². The van der Waals surface area contributed by atoms with Crippen molar-refractivity contribution in [3.63, 3.8) is 0 Å². The van der Waals surface area contributed by atoms with E-state index in [1.807, 2.05) is 24.3 Å². The Balaban J connectivity index is 1.77. The number of ether oxygens (including phenoxy) is 3. The number of nitrogens with two attached hydrogens (primary N) is 1. The van der Waals surface area contributed by atoms with Gasteiger partial charge in [0.2, 0.25) is 0 Å². The van der Waals surface area contributed by atoms with Gasteiger partial charge in [0.15, 0.2) is 0 Å². The fraction of sp³-hybridized carbons (Fsp3) is 0.238. The van der Waals surface area contributed by atoms with E-state index in [4.69, 9.17) is 19.6 Å². The smallest absolute Gasteiger partial charge is 0.412 e. The van der Waals surface area contributed by atoms with E-state index >= 15 is 0 Å². The zero-order chi connectivity index (χ0) is 20.4. The molecular formula is C21H20N2O6. The van der Waals surface area contributed by atoms with Crippen molar-refractivity contribution in [1.82, 2.24) is 0 Å². The molecule has 0 bridgehead atoms. The molecule has 8 heteroatoms. The van der Waals surface area contributed by atoms with Crippen LogP contribution in [0.2, 0.25) is 0 Å². The summed E-state index contributed by atoms with van der Waals surface area (Å²) < 4.78 is 21.2. The first-order chi connectivity index (χ1) is 14.1. The fourth-order valence-electron chi connectivity index (χ4n) is 3.40. The Labute approximate surface area is 166 Å². The molecule has 8 nitrogen and oxygen atoms in total. The van der Waals surface area contributed by atoms with Crippen LogP contribution in [0.3, 0.4) is 0 Å². The van der Waals surface area contributed by atoms with Crippen LogP contribution in [0.4, 0.5) is 10.5 Å². The molecule has 1 fully saturated rings. The number of rotatable bonds is 4. The van der Waals surface area contributed by atoms with Gasteiger partial charge < -0.3 is 29.3 Å². The lowest BCUT2D eigenvalue weighted by atomic mass is 10.0. The van der Waals surface area contributed by atoms with Gasteiger partial charge in [-0.25, -0.2) is 9.59 Å². The first-order valence-corrected chi connectivity index (χ1v) is 9.12. The highest BCUT2D eigenvalue weighted by Gasteiger charge is 2.25. The highest BCUT2D eigenvalue weighted by Crippen LogP contribution is 2.36. The van der Waals surface area contributed by atoms with Crippen molar-refractivity contribution in [2.45, 2.75) is 0 Å². The first-order valence-electron chi connectivity index (χ1n) is 9.12. The number of hydrogen-bond donors (Lipinski definition) is 1. The van der Waals surface area contributed by atoms with Gasteiger partial charge in [-0.15, -0.1) is 0 Å². The summed E-state index contributed by atoms with van der Waals surface area (Å²) in [6, 6.07) is 12.7. The third-order valence-electron chi connectivity index (χ3n) is 4.80. The molecule has 1 aliphatic rings. The molecule has 1 saturated heterocycles. The van der Waals surface area contributed by atoms with Crippen LogP contribution in [0.5, 0.6) is 5.75 Å². The van der Waals surface area contributed by atoms with Gasteiger partial charge in [-0.2, -0.15) is 0 Å². The summed E-state index contributed by atoms with van der Waals surface area (Å²) in [6.45, 7) is 3.02. The Hall–Kier alpha value is -3.52. The lowest BCUT2D eigenvalue weighted by Crippen LogP contribution is -2.36. The number of benzene rings is 2. The molecule has 2 aromatic carbocycles. The van der Waals surface area contributed by atoms with E-state index in [2.05, 4.69) is 9.64 Å². The SMILES string of the molecule is COc1ccc2oc(-c3ccc(N4CCOCC4)cc3)c(C(=O)OC(N)=O)c2c1. The van der Waals surface area contributed by atoms with Crippen LogP contribution < -0.4 is 15.4 Å². The average molecular weight is 396 g/mol. The van der Waals surface area contributed by atoms with E-state index in [1.54, 1.807) is 18.2 Å². The number of primary amides is 1. The van der Waals surface area contributed by atoms with E-state index in [1.165, 1.54) is 7.11 Å². The summed E-state index contributed by atoms with van der Waals surface area (Å²) in [5.74, 6) is -0.0366. The molecule has 0 radical (unpaired) electrons. The minimum absolute atomic E-state index is 0.122. The van der Waals surface area contributed by atoms with Crippen molar-refractivity contribution in [3.05, 3.63) is 48.0 Å². The molecule has 29 heavy (non-hydrogen) atoms. The monoisotopic (exact) mass is 396 g/mol. The Morgan fingerprint density at radius 1 is 1.07 bits per heavy atom. The molecule has 2 N–H and O–H groups in total. The molecule has 0 spiro atoms. The van der Waals surface area contributed by atoms with Crippen molar-refractivity contribution in [2.75, 3.05) is 38.3 Å². The maximum atomic E-state index is 12.6. The van der Waals surface area contributed by atoms with E-state index in [0.717, 1.165) is 18.8 Å². The van der Waals surface area contributed by atoms with Crippen LogP contribution in [0.25, 0.3) is 22.3 Å².